The van der Waals surface area contributed by atoms with E-state index in [1.165, 1.54) is 38.7 Å². The van der Waals surface area contributed by atoms with Crippen LogP contribution in [0.1, 0.15) is 38.2 Å². The molecule has 0 unspecified atom stereocenters. The minimum atomic E-state index is -2.04. The lowest BCUT2D eigenvalue weighted by atomic mass is 9.90. The molecule has 6 aromatic rings. The van der Waals surface area contributed by atoms with E-state index < -0.39 is 8.07 Å². The van der Waals surface area contributed by atoms with Gasteiger partial charge in [-0.05, 0) is 85.4 Å². The number of aromatic nitrogens is 4. The third kappa shape index (κ3) is 5.95. The summed E-state index contributed by atoms with van der Waals surface area (Å²) in [5.74, 6) is 0.329. The Labute approximate surface area is 286 Å². The van der Waals surface area contributed by atoms with Crippen molar-refractivity contribution in [3.05, 3.63) is 129 Å². The lowest BCUT2D eigenvalue weighted by molar-refractivity contribution is 0.0951. The molecule has 4 N–H and O–H groups in total. The first kappa shape index (κ1) is 31.8. The van der Waals surface area contributed by atoms with Crippen molar-refractivity contribution in [2.75, 3.05) is 24.7 Å². The second-order valence-corrected chi connectivity index (χ2v) is 17.6. The Morgan fingerprint density at radius 1 is 0.939 bits per heavy atom. The number of imidazole rings is 1. The van der Waals surface area contributed by atoms with Gasteiger partial charge in [0.1, 0.15) is 20.2 Å². The molecule has 0 aliphatic carbocycles. The SMILES string of the molecule is C=c1ccc2c(c1)[Si](C)(C)c1cc(N(C)C)ccc1C=2c1cc(C(=O)NCc2ccc(COc3nc(N)nc4nc[nH]c34)cc2)ccc1C. The molecule has 0 saturated carbocycles. The number of anilines is 2. The van der Waals surface area contributed by atoms with E-state index in [4.69, 9.17) is 10.5 Å². The second-order valence-electron chi connectivity index (χ2n) is 13.3. The van der Waals surface area contributed by atoms with Crippen LogP contribution in [0, 0.1) is 6.92 Å². The summed E-state index contributed by atoms with van der Waals surface area (Å²) >= 11 is 0. The number of fused-ring (bicyclic) bond motifs is 3. The van der Waals surface area contributed by atoms with Gasteiger partial charge in [-0.1, -0.05) is 74.3 Å². The summed E-state index contributed by atoms with van der Waals surface area (Å²) in [6.07, 6.45) is 1.53. The van der Waals surface area contributed by atoms with E-state index in [-0.39, 0.29) is 11.9 Å². The van der Waals surface area contributed by atoms with Crippen molar-refractivity contribution in [2.24, 2.45) is 0 Å². The Kier molecular flexibility index (Phi) is 8.04. The third-order valence-electron chi connectivity index (χ3n) is 9.38. The summed E-state index contributed by atoms with van der Waals surface area (Å²) in [5, 5.41) is 8.13. The van der Waals surface area contributed by atoms with Gasteiger partial charge < -0.3 is 25.7 Å². The van der Waals surface area contributed by atoms with Gasteiger partial charge in [0.2, 0.25) is 11.8 Å². The van der Waals surface area contributed by atoms with Crippen molar-refractivity contribution in [1.82, 2.24) is 25.3 Å². The summed E-state index contributed by atoms with van der Waals surface area (Å²) in [5.41, 5.74) is 15.2. The zero-order chi connectivity index (χ0) is 34.4. The van der Waals surface area contributed by atoms with Crippen LogP contribution in [0.25, 0.3) is 23.3 Å². The van der Waals surface area contributed by atoms with Crippen LogP contribution in [0.5, 0.6) is 5.88 Å². The number of aromatic amines is 1. The quantitative estimate of drug-likeness (QED) is 0.213. The molecule has 9 nitrogen and oxygen atoms in total. The van der Waals surface area contributed by atoms with Gasteiger partial charge >= 0.3 is 0 Å². The van der Waals surface area contributed by atoms with Crippen LogP contribution in [0.4, 0.5) is 11.6 Å². The normalized spacial score (nSPS) is 13.1. The van der Waals surface area contributed by atoms with Gasteiger partial charge in [-0.2, -0.15) is 9.97 Å². The first-order chi connectivity index (χ1) is 23.5. The van der Waals surface area contributed by atoms with Gasteiger partial charge in [0.15, 0.2) is 5.65 Å². The average Bonchev–Trinajstić information content (AvgIpc) is 3.56. The van der Waals surface area contributed by atoms with Gasteiger partial charge in [-0.25, -0.2) is 4.98 Å². The molecule has 0 fully saturated rings. The Balaban J connectivity index is 1.13. The minimum Gasteiger partial charge on any atom is -0.471 e. The molecule has 0 radical (unpaired) electrons. The van der Waals surface area contributed by atoms with Gasteiger partial charge in [0, 0.05) is 31.9 Å². The number of hydrogen-bond donors (Lipinski definition) is 3. The molecule has 246 valence electrons. The molecule has 7 rings (SSSR count). The van der Waals surface area contributed by atoms with E-state index in [1.54, 1.807) is 0 Å². The van der Waals surface area contributed by atoms with Crippen molar-refractivity contribution in [2.45, 2.75) is 33.2 Å². The Morgan fingerprint density at radius 3 is 2.49 bits per heavy atom. The minimum absolute atomic E-state index is 0.102. The highest BCUT2D eigenvalue weighted by Crippen LogP contribution is 2.29. The first-order valence-electron chi connectivity index (χ1n) is 16.2. The molecule has 0 saturated heterocycles. The molecule has 0 bridgehead atoms. The fourth-order valence-corrected chi connectivity index (χ4v) is 9.71. The van der Waals surface area contributed by atoms with Crippen LogP contribution in [0.3, 0.4) is 0 Å². The Morgan fingerprint density at radius 2 is 1.71 bits per heavy atom. The summed E-state index contributed by atoms with van der Waals surface area (Å²) in [6.45, 7) is 11.9. The highest BCUT2D eigenvalue weighted by molar-refractivity contribution is 7.01. The molecule has 1 aliphatic rings. The monoisotopic (exact) mass is 665 g/mol. The highest BCUT2D eigenvalue weighted by atomic mass is 28.3. The van der Waals surface area contributed by atoms with Crippen LogP contribution in [-0.2, 0) is 13.2 Å². The Bertz CT molecular complexity index is 2360. The molecule has 0 atom stereocenters. The molecular weight excluding hydrogens is 627 g/mol. The number of nitrogen functional groups attached to an aromatic ring is 1. The molecule has 49 heavy (non-hydrogen) atoms. The number of rotatable bonds is 8. The van der Waals surface area contributed by atoms with Crippen LogP contribution >= 0.6 is 0 Å². The molecule has 1 aliphatic heterocycles. The zero-order valence-electron chi connectivity index (χ0n) is 28.4. The van der Waals surface area contributed by atoms with E-state index in [0.717, 1.165) is 27.5 Å². The number of ether oxygens (including phenoxy) is 1. The zero-order valence-corrected chi connectivity index (χ0v) is 29.4. The van der Waals surface area contributed by atoms with Crippen molar-refractivity contribution in [3.8, 4) is 5.88 Å². The number of nitrogens with two attached hydrogens (primary N) is 1. The number of carbonyl (C=O) groups excluding carboxylic acids is 1. The second kappa shape index (κ2) is 12.4. The van der Waals surface area contributed by atoms with Crippen LogP contribution < -0.4 is 41.5 Å². The smallest absolute Gasteiger partial charge is 0.251 e. The van der Waals surface area contributed by atoms with Crippen LogP contribution in [0.2, 0.25) is 13.1 Å². The standard InChI is InChI=1S/C39H39N7O2Si/c1-23-7-15-29-32(17-23)49(5,6)33-19-28(46(3)4)14-16-30(33)34(29)31-18-27(13-8-24(31)2)37(47)41-20-25-9-11-26(12-10-25)21-48-38-35-36(43-22-42-35)44-39(40)45-38/h7-19,22H,1,20-21H2,2-6H3,(H,41,47)(H3,40,42,43,44,45). The van der Waals surface area contributed by atoms with E-state index in [2.05, 4.69) is 113 Å². The molecular formula is C39H39N7O2Si. The molecule has 10 heteroatoms. The van der Waals surface area contributed by atoms with Gasteiger partial charge in [-0.3, -0.25) is 4.79 Å². The van der Waals surface area contributed by atoms with Crippen molar-refractivity contribution >= 4 is 59.3 Å². The number of nitrogens with one attached hydrogen (secondary N) is 2. The predicted octanol–water partition coefficient (Wildman–Crippen LogP) is 3.61. The van der Waals surface area contributed by atoms with Crippen molar-refractivity contribution in [1.29, 1.82) is 0 Å². The average molecular weight is 666 g/mol. The molecule has 3 heterocycles. The molecule has 4 aromatic carbocycles. The van der Waals surface area contributed by atoms with Crippen LogP contribution in [0.15, 0.2) is 85.2 Å². The van der Waals surface area contributed by atoms with E-state index in [9.17, 15) is 4.79 Å². The largest absolute Gasteiger partial charge is 0.471 e. The van der Waals surface area contributed by atoms with Crippen molar-refractivity contribution in [3.63, 3.8) is 0 Å². The summed E-state index contributed by atoms with van der Waals surface area (Å²) in [6, 6.07) is 27.3. The van der Waals surface area contributed by atoms with Crippen molar-refractivity contribution < 1.29 is 9.53 Å². The lowest BCUT2D eigenvalue weighted by Crippen LogP contribution is -2.63. The fourth-order valence-electron chi connectivity index (χ4n) is 6.60. The predicted molar refractivity (Wildman–Crippen MR) is 200 cm³/mol. The lowest BCUT2D eigenvalue weighted by Gasteiger charge is -2.34. The number of benzene rings is 4. The maximum Gasteiger partial charge on any atom is 0.251 e. The van der Waals surface area contributed by atoms with Gasteiger partial charge in [-0.15, -0.1) is 0 Å². The molecule has 1 amide bonds. The van der Waals surface area contributed by atoms with E-state index in [1.807, 2.05) is 36.4 Å². The summed E-state index contributed by atoms with van der Waals surface area (Å²) in [4.78, 5) is 31.1. The number of nitrogens with zero attached hydrogens (tertiary/aromatic N) is 4. The fraction of sp³-hybridized carbons (Fsp3) is 0.179. The van der Waals surface area contributed by atoms with Gasteiger partial charge in [0.25, 0.3) is 5.91 Å². The Hall–Kier alpha value is -5.74. The topological polar surface area (TPSA) is 122 Å². The summed E-state index contributed by atoms with van der Waals surface area (Å²) < 4.78 is 5.91. The molecule has 0 spiro atoms. The number of aryl methyl sites for hydroxylation is 1. The van der Waals surface area contributed by atoms with Crippen LogP contribution in [-0.4, -0.2) is 48.0 Å². The maximum atomic E-state index is 13.6. The first-order valence-corrected chi connectivity index (χ1v) is 19.2. The summed E-state index contributed by atoms with van der Waals surface area (Å²) in [7, 11) is 2.12. The maximum absolute atomic E-state index is 13.6. The van der Waals surface area contributed by atoms with E-state index >= 15 is 0 Å². The molecule has 2 aromatic heterocycles. The number of H-pyrrole nitrogens is 1. The van der Waals surface area contributed by atoms with E-state index in [0.29, 0.717) is 35.8 Å². The number of hydrogen-bond acceptors (Lipinski definition) is 7. The third-order valence-corrected chi connectivity index (χ3v) is 12.9. The van der Waals surface area contributed by atoms with Gasteiger partial charge in [0.05, 0.1) is 6.33 Å². The number of amides is 1. The highest BCUT2D eigenvalue weighted by Gasteiger charge is 2.35. The number of carbonyl (C=O) groups is 1.